The van der Waals surface area contributed by atoms with E-state index in [1.54, 1.807) is 0 Å². The smallest absolute Gasteiger partial charge is 0.160 e. The molecule has 0 saturated heterocycles. The van der Waals surface area contributed by atoms with E-state index in [0.29, 0.717) is 16.7 Å². The second-order valence-corrected chi connectivity index (χ2v) is 4.98. The molecule has 0 atom stereocenters. The summed E-state index contributed by atoms with van der Waals surface area (Å²) in [4.78, 5) is 2.11. The average molecular weight is 268 g/mol. The first kappa shape index (κ1) is 12.5. The first-order chi connectivity index (χ1) is 9.65. The van der Waals surface area contributed by atoms with Crippen LogP contribution in [0.4, 0.5) is 11.4 Å². The number of nitrogen functional groups attached to an aromatic ring is 1. The summed E-state index contributed by atoms with van der Waals surface area (Å²) in [6.07, 6.45) is 0. The summed E-state index contributed by atoms with van der Waals surface area (Å²) >= 11 is 0. The predicted molar refractivity (Wildman–Crippen MR) is 79.5 cm³/mol. The van der Waals surface area contributed by atoms with E-state index >= 15 is 0 Å². The molecule has 0 amide bonds. The first-order valence-corrected chi connectivity index (χ1v) is 6.42. The van der Waals surface area contributed by atoms with Gasteiger partial charge in [0.25, 0.3) is 0 Å². The number of aromatic nitrogens is 2. The molecule has 0 saturated carbocycles. The predicted octanol–water partition coefficient (Wildman–Crippen LogP) is 2.75. The van der Waals surface area contributed by atoms with Crippen LogP contribution in [0, 0.1) is 6.92 Å². The summed E-state index contributed by atoms with van der Waals surface area (Å²) in [6, 6.07) is 12.2. The van der Waals surface area contributed by atoms with E-state index in [1.807, 2.05) is 19.2 Å². The van der Waals surface area contributed by atoms with Gasteiger partial charge in [-0.25, -0.2) is 4.63 Å². The van der Waals surface area contributed by atoms with Gasteiger partial charge >= 0.3 is 0 Å². The highest BCUT2D eigenvalue weighted by molar-refractivity contribution is 5.95. The van der Waals surface area contributed by atoms with Crippen molar-refractivity contribution in [3.63, 3.8) is 0 Å². The fourth-order valence-electron chi connectivity index (χ4n) is 2.23. The van der Waals surface area contributed by atoms with E-state index in [9.17, 15) is 0 Å². The lowest BCUT2D eigenvalue weighted by atomic mass is 10.1. The SMILES string of the molecule is Cc1ccc(CN(C)c2ccc(N)c3nonc23)cc1. The van der Waals surface area contributed by atoms with Crippen molar-refractivity contribution in [2.45, 2.75) is 13.5 Å². The third-order valence-electron chi connectivity index (χ3n) is 3.38. The molecule has 5 heteroatoms. The van der Waals surface area contributed by atoms with Gasteiger partial charge in [0.05, 0.1) is 11.4 Å². The van der Waals surface area contributed by atoms with Crippen LogP contribution in [-0.2, 0) is 6.54 Å². The summed E-state index contributed by atoms with van der Waals surface area (Å²) in [5.74, 6) is 0. The number of nitrogens with zero attached hydrogens (tertiary/aromatic N) is 3. The van der Waals surface area contributed by atoms with Gasteiger partial charge in [0.15, 0.2) is 11.0 Å². The highest BCUT2D eigenvalue weighted by Gasteiger charge is 2.13. The van der Waals surface area contributed by atoms with Crippen LogP contribution in [0.1, 0.15) is 11.1 Å². The van der Waals surface area contributed by atoms with E-state index in [0.717, 1.165) is 12.2 Å². The molecule has 0 aliphatic rings. The largest absolute Gasteiger partial charge is 0.397 e. The van der Waals surface area contributed by atoms with Crippen molar-refractivity contribution in [2.24, 2.45) is 0 Å². The second-order valence-electron chi connectivity index (χ2n) is 4.98. The van der Waals surface area contributed by atoms with Crippen molar-refractivity contribution in [3.05, 3.63) is 47.5 Å². The van der Waals surface area contributed by atoms with Crippen molar-refractivity contribution in [1.29, 1.82) is 0 Å². The normalized spacial score (nSPS) is 10.9. The molecule has 3 aromatic rings. The third kappa shape index (κ3) is 2.18. The minimum absolute atomic E-state index is 0.578. The van der Waals surface area contributed by atoms with Crippen LogP contribution < -0.4 is 10.6 Å². The van der Waals surface area contributed by atoms with Gasteiger partial charge in [0, 0.05) is 13.6 Å². The van der Waals surface area contributed by atoms with Gasteiger partial charge in [-0.05, 0) is 34.9 Å². The maximum Gasteiger partial charge on any atom is 0.160 e. The number of rotatable bonds is 3. The average Bonchev–Trinajstić information content (AvgIpc) is 2.92. The zero-order valence-electron chi connectivity index (χ0n) is 11.5. The van der Waals surface area contributed by atoms with Crippen molar-refractivity contribution in [2.75, 3.05) is 17.7 Å². The van der Waals surface area contributed by atoms with E-state index < -0.39 is 0 Å². The zero-order valence-corrected chi connectivity index (χ0v) is 11.5. The number of aryl methyl sites for hydroxylation is 1. The fraction of sp³-hybridized carbons (Fsp3) is 0.200. The number of fused-ring (bicyclic) bond motifs is 1. The lowest BCUT2D eigenvalue weighted by Crippen LogP contribution is -2.16. The van der Waals surface area contributed by atoms with Crippen molar-refractivity contribution in [1.82, 2.24) is 10.3 Å². The molecule has 102 valence electrons. The topological polar surface area (TPSA) is 68.2 Å². The van der Waals surface area contributed by atoms with E-state index in [1.165, 1.54) is 11.1 Å². The molecule has 20 heavy (non-hydrogen) atoms. The standard InChI is InChI=1S/C15H16N4O/c1-10-3-5-11(6-4-10)9-19(2)13-8-7-12(16)14-15(13)18-20-17-14/h3-8H,9,16H2,1-2H3. The molecule has 1 heterocycles. The maximum absolute atomic E-state index is 5.86. The Morgan fingerprint density at radius 3 is 2.50 bits per heavy atom. The Labute approximate surface area is 117 Å². The summed E-state index contributed by atoms with van der Waals surface area (Å²) in [5, 5.41) is 7.79. The summed E-state index contributed by atoms with van der Waals surface area (Å²) in [6.45, 7) is 2.87. The van der Waals surface area contributed by atoms with Gasteiger partial charge in [-0.2, -0.15) is 0 Å². The zero-order chi connectivity index (χ0) is 14.1. The number of hydrogen-bond acceptors (Lipinski definition) is 5. The Morgan fingerprint density at radius 2 is 1.75 bits per heavy atom. The first-order valence-electron chi connectivity index (χ1n) is 6.42. The highest BCUT2D eigenvalue weighted by atomic mass is 16.6. The van der Waals surface area contributed by atoms with Gasteiger partial charge in [-0.15, -0.1) is 0 Å². The highest BCUT2D eigenvalue weighted by Crippen LogP contribution is 2.28. The van der Waals surface area contributed by atoms with Crippen LogP contribution in [0.15, 0.2) is 41.0 Å². The Hall–Kier alpha value is -2.56. The van der Waals surface area contributed by atoms with Gasteiger partial charge in [0.2, 0.25) is 0 Å². The lowest BCUT2D eigenvalue weighted by Gasteiger charge is -2.19. The van der Waals surface area contributed by atoms with Gasteiger partial charge in [-0.1, -0.05) is 29.8 Å². The molecule has 2 aromatic carbocycles. The maximum atomic E-state index is 5.86. The number of hydrogen-bond donors (Lipinski definition) is 1. The summed E-state index contributed by atoms with van der Waals surface area (Å²) in [7, 11) is 2.01. The molecule has 0 aliphatic heterocycles. The third-order valence-corrected chi connectivity index (χ3v) is 3.38. The molecule has 1 aromatic heterocycles. The summed E-state index contributed by atoms with van der Waals surface area (Å²) < 4.78 is 4.80. The van der Waals surface area contributed by atoms with Crippen LogP contribution in [-0.4, -0.2) is 17.4 Å². The number of nitrogens with two attached hydrogens (primary N) is 1. The van der Waals surface area contributed by atoms with Crippen LogP contribution in [0.5, 0.6) is 0 Å². The second kappa shape index (κ2) is 4.85. The molecule has 0 aliphatic carbocycles. The molecule has 0 spiro atoms. The molecule has 3 rings (SSSR count). The van der Waals surface area contributed by atoms with Crippen LogP contribution >= 0.6 is 0 Å². The van der Waals surface area contributed by atoms with Crippen molar-refractivity contribution >= 4 is 22.4 Å². The number of benzene rings is 2. The van der Waals surface area contributed by atoms with Crippen molar-refractivity contribution < 1.29 is 4.63 Å². The van der Waals surface area contributed by atoms with Crippen LogP contribution in [0.2, 0.25) is 0 Å². The van der Waals surface area contributed by atoms with E-state index in [4.69, 9.17) is 10.4 Å². The van der Waals surface area contributed by atoms with Gasteiger partial charge in [-0.3, -0.25) is 0 Å². The molecular weight excluding hydrogens is 252 g/mol. The van der Waals surface area contributed by atoms with Crippen molar-refractivity contribution in [3.8, 4) is 0 Å². The van der Waals surface area contributed by atoms with Crippen LogP contribution in [0.3, 0.4) is 0 Å². The number of anilines is 2. The fourth-order valence-corrected chi connectivity index (χ4v) is 2.23. The minimum Gasteiger partial charge on any atom is -0.397 e. The molecule has 2 N–H and O–H groups in total. The Bertz CT molecular complexity index is 733. The molecule has 0 radical (unpaired) electrons. The molecule has 5 nitrogen and oxygen atoms in total. The molecule has 0 fully saturated rings. The van der Waals surface area contributed by atoms with Gasteiger partial charge in [0.1, 0.15) is 0 Å². The monoisotopic (exact) mass is 268 g/mol. The Balaban J connectivity index is 1.92. The molecule has 0 bridgehead atoms. The minimum atomic E-state index is 0.578. The Morgan fingerprint density at radius 1 is 1.05 bits per heavy atom. The van der Waals surface area contributed by atoms with Crippen LogP contribution in [0.25, 0.3) is 11.0 Å². The van der Waals surface area contributed by atoms with Gasteiger partial charge < -0.3 is 10.6 Å². The molecular formula is C15H16N4O. The Kier molecular flexibility index (Phi) is 3.02. The lowest BCUT2D eigenvalue weighted by molar-refractivity contribution is 0.315. The summed E-state index contributed by atoms with van der Waals surface area (Å²) in [5.41, 5.74) is 11.2. The van der Waals surface area contributed by atoms with E-state index in [2.05, 4.69) is 46.4 Å². The van der Waals surface area contributed by atoms with E-state index in [-0.39, 0.29) is 0 Å². The molecule has 0 unspecified atom stereocenters. The quantitative estimate of drug-likeness (QED) is 0.740.